The predicted molar refractivity (Wildman–Crippen MR) is 43.0 cm³/mol. The molecule has 0 amide bonds. The molecule has 0 aromatic carbocycles. The number of pyridine rings is 1. The van der Waals surface area contributed by atoms with Crippen LogP contribution in [0.1, 0.15) is 0 Å². The van der Waals surface area contributed by atoms with Crippen molar-refractivity contribution < 1.29 is 4.92 Å². The van der Waals surface area contributed by atoms with Gasteiger partial charge >= 0.3 is 11.2 Å². The van der Waals surface area contributed by atoms with Gasteiger partial charge in [0.15, 0.2) is 0 Å². The van der Waals surface area contributed by atoms with Crippen LogP contribution in [0.3, 0.4) is 0 Å². The van der Waals surface area contributed by atoms with E-state index in [1.54, 1.807) is 6.07 Å². The van der Waals surface area contributed by atoms with E-state index in [-0.39, 0.29) is 6.54 Å². The second-order valence-electron chi connectivity index (χ2n) is 2.24. The van der Waals surface area contributed by atoms with Crippen molar-refractivity contribution in [2.45, 2.75) is 6.54 Å². The Kier molecular flexibility index (Phi) is 2.40. The van der Waals surface area contributed by atoms with Crippen molar-refractivity contribution in [2.75, 3.05) is 0 Å². The Labute approximate surface area is 72.8 Å². The van der Waals surface area contributed by atoms with Crippen LogP contribution in [0.5, 0.6) is 0 Å². The fourth-order valence-corrected chi connectivity index (χ4v) is 0.864. The van der Waals surface area contributed by atoms with Gasteiger partial charge in [0.25, 0.3) is 0 Å². The number of nitriles is 1. The largest absolute Gasteiger partial charge is 0.334 e. The molecule has 0 aliphatic carbocycles. The van der Waals surface area contributed by atoms with Crippen molar-refractivity contribution in [3.63, 3.8) is 0 Å². The summed E-state index contributed by atoms with van der Waals surface area (Å²) >= 11 is 0. The lowest BCUT2D eigenvalue weighted by molar-refractivity contribution is -0.386. The first kappa shape index (κ1) is 8.93. The van der Waals surface area contributed by atoms with Crippen molar-refractivity contribution in [1.82, 2.24) is 4.57 Å². The number of rotatable bonds is 2. The van der Waals surface area contributed by atoms with Crippen LogP contribution in [0.2, 0.25) is 0 Å². The molecule has 0 saturated carbocycles. The topological polar surface area (TPSA) is 88.9 Å². The molecule has 0 fully saturated rings. The van der Waals surface area contributed by atoms with E-state index in [0.717, 1.165) is 10.6 Å². The zero-order valence-corrected chi connectivity index (χ0v) is 6.51. The van der Waals surface area contributed by atoms with Crippen molar-refractivity contribution >= 4 is 5.69 Å². The first-order valence-corrected chi connectivity index (χ1v) is 3.37. The van der Waals surface area contributed by atoms with Gasteiger partial charge < -0.3 is 0 Å². The Balaban J connectivity index is 3.29. The average molecular weight is 179 g/mol. The Hall–Kier alpha value is -2.16. The minimum Gasteiger partial charge on any atom is -0.296 e. The van der Waals surface area contributed by atoms with E-state index in [0.29, 0.717) is 0 Å². The molecule has 0 radical (unpaired) electrons. The van der Waals surface area contributed by atoms with Crippen LogP contribution in [0.25, 0.3) is 0 Å². The lowest BCUT2D eigenvalue weighted by atomic mass is 10.4. The highest BCUT2D eigenvalue weighted by Crippen LogP contribution is 2.00. The molecule has 1 rings (SSSR count). The molecule has 6 heteroatoms. The molecule has 6 nitrogen and oxygen atoms in total. The fourth-order valence-electron chi connectivity index (χ4n) is 0.864. The summed E-state index contributed by atoms with van der Waals surface area (Å²) in [6, 6.07) is 4.20. The summed E-state index contributed by atoms with van der Waals surface area (Å²) in [6.07, 6.45) is 1.33. The summed E-state index contributed by atoms with van der Waals surface area (Å²) in [4.78, 5) is 20.7. The molecule has 66 valence electrons. The summed E-state index contributed by atoms with van der Waals surface area (Å²) in [5.74, 6) is 0. The molecule has 1 heterocycles. The van der Waals surface area contributed by atoms with Gasteiger partial charge in [-0.15, -0.1) is 0 Å². The Morgan fingerprint density at radius 3 is 2.92 bits per heavy atom. The average Bonchev–Trinajstić information content (AvgIpc) is 2.08. The third kappa shape index (κ3) is 1.70. The molecule has 0 bridgehead atoms. The van der Waals surface area contributed by atoms with Crippen LogP contribution in [0.4, 0.5) is 5.69 Å². The minimum atomic E-state index is -0.768. The van der Waals surface area contributed by atoms with Crippen molar-refractivity contribution in [3.05, 3.63) is 38.8 Å². The number of nitro groups is 1. The molecule has 0 unspecified atom stereocenters. The molecule has 1 aromatic heterocycles. The summed E-state index contributed by atoms with van der Waals surface area (Å²) in [7, 11) is 0. The lowest BCUT2D eigenvalue weighted by Gasteiger charge is -1.97. The maximum absolute atomic E-state index is 11.2. The zero-order valence-electron chi connectivity index (χ0n) is 6.51. The van der Waals surface area contributed by atoms with Gasteiger partial charge in [-0.3, -0.25) is 19.5 Å². The van der Waals surface area contributed by atoms with Gasteiger partial charge in [-0.05, 0) is 6.07 Å². The van der Waals surface area contributed by atoms with Gasteiger partial charge in [0.05, 0.1) is 11.0 Å². The fraction of sp³-hybridized carbons (Fsp3) is 0.143. The summed E-state index contributed by atoms with van der Waals surface area (Å²) in [6.45, 7) is -0.180. The highest BCUT2D eigenvalue weighted by Gasteiger charge is 2.12. The van der Waals surface area contributed by atoms with Crippen molar-refractivity contribution in [3.8, 4) is 6.07 Å². The molecule has 0 saturated heterocycles. The molecule has 0 aliphatic rings. The van der Waals surface area contributed by atoms with Gasteiger partial charge in [0, 0.05) is 12.3 Å². The quantitative estimate of drug-likeness (QED) is 0.481. The third-order valence-corrected chi connectivity index (χ3v) is 1.44. The molecule has 1 aromatic rings. The van der Waals surface area contributed by atoms with E-state index in [1.807, 2.05) is 0 Å². The van der Waals surface area contributed by atoms with E-state index < -0.39 is 16.2 Å². The van der Waals surface area contributed by atoms with E-state index in [4.69, 9.17) is 5.26 Å². The van der Waals surface area contributed by atoms with Crippen LogP contribution in [0.15, 0.2) is 23.1 Å². The van der Waals surface area contributed by atoms with Gasteiger partial charge in [-0.1, -0.05) is 0 Å². The minimum absolute atomic E-state index is 0.180. The molecule has 0 N–H and O–H groups in total. The molecule has 0 atom stereocenters. The van der Waals surface area contributed by atoms with Gasteiger partial charge in [0.1, 0.15) is 6.54 Å². The number of hydrogen-bond donors (Lipinski definition) is 0. The SMILES string of the molecule is N#CCn1cccc([N+](=O)[O-])c1=O. The molecular formula is C7H5N3O3. The van der Waals surface area contributed by atoms with Crippen molar-refractivity contribution in [1.29, 1.82) is 5.26 Å². The second kappa shape index (κ2) is 3.49. The second-order valence-corrected chi connectivity index (χ2v) is 2.24. The van der Waals surface area contributed by atoms with Crippen LogP contribution >= 0.6 is 0 Å². The van der Waals surface area contributed by atoms with Crippen molar-refractivity contribution in [2.24, 2.45) is 0 Å². The van der Waals surface area contributed by atoms with Gasteiger partial charge in [-0.25, -0.2) is 0 Å². The first-order valence-electron chi connectivity index (χ1n) is 3.37. The monoisotopic (exact) mass is 179 g/mol. The molecule has 13 heavy (non-hydrogen) atoms. The standard InChI is InChI=1S/C7H5N3O3/c8-3-5-9-4-1-2-6(7(9)11)10(12)13/h1-2,4H,5H2. The first-order chi connectivity index (χ1) is 6.16. The summed E-state index contributed by atoms with van der Waals surface area (Å²) in [5.41, 5.74) is -1.27. The van der Waals surface area contributed by atoms with Crippen LogP contribution < -0.4 is 5.56 Å². The Morgan fingerprint density at radius 1 is 1.69 bits per heavy atom. The van der Waals surface area contributed by atoms with Crippen LogP contribution in [-0.4, -0.2) is 9.49 Å². The van der Waals surface area contributed by atoms with Crippen LogP contribution in [-0.2, 0) is 6.54 Å². The summed E-state index contributed by atoms with van der Waals surface area (Å²) in [5, 5.41) is 18.6. The molecule has 0 aliphatic heterocycles. The zero-order chi connectivity index (χ0) is 9.84. The lowest BCUT2D eigenvalue weighted by Crippen LogP contribution is -2.21. The number of nitrogens with zero attached hydrogens (tertiary/aromatic N) is 3. The number of hydrogen-bond acceptors (Lipinski definition) is 4. The normalized spacial score (nSPS) is 9.15. The van der Waals surface area contributed by atoms with Gasteiger partial charge in [-0.2, -0.15) is 5.26 Å². The Bertz CT molecular complexity index is 429. The summed E-state index contributed by atoms with van der Waals surface area (Å²) < 4.78 is 0.984. The molecule has 0 spiro atoms. The number of aromatic nitrogens is 1. The van der Waals surface area contributed by atoms with E-state index >= 15 is 0 Å². The Morgan fingerprint density at radius 2 is 2.38 bits per heavy atom. The highest BCUT2D eigenvalue weighted by atomic mass is 16.6. The van der Waals surface area contributed by atoms with E-state index in [2.05, 4.69) is 0 Å². The maximum Gasteiger partial charge on any atom is 0.334 e. The van der Waals surface area contributed by atoms with Crippen LogP contribution in [0, 0.1) is 21.4 Å². The third-order valence-electron chi connectivity index (χ3n) is 1.44. The van der Waals surface area contributed by atoms with E-state index in [1.165, 1.54) is 12.3 Å². The van der Waals surface area contributed by atoms with E-state index in [9.17, 15) is 14.9 Å². The maximum atomic E-state index is 11.2. The molecular weight excluding hydrogens is 174 g/mol. The van der Waals surface area contributed by atoms with Gasteiger partial charge in [0.2, 0.25) is 0 Å². The smallest absolute Gasteiger partial charge is 0.296 e. The highest BCUT2D eigenvalue weighted by molar-refractivity contribution is 5.25. The predicted octanol–water partition coefficient (Wildman–Crippen LogP) is 0.280.